The molecular formula is C7H16O3. The number of hydrogen-bond donors (Lipinski definition) is 3. The van der Waals surface area contributed by atoms with Crippen molar-refractivity contribution in [3.05, 3.63) is 0 Å². The molecule has 0 radical (unpaired) electrons. The van der Waals surface area contributed by atoms with Gasteiger partial charge in [-0.25, -0.2) is 0 Å². The van der Waals surface area contributed by atoms with E-state index in [1.165, 1.54) is 0 Å². The van der Waals surface area contributed by atoms with Crippen LogP contribution in [0.5, 0.6) is 0 Å². The first kappa shape index (κ1) is 9.88. The van der Waals surface area contributed by atoms with Gasteiger partial charge in [-0.05, 0) is 18.8 Å². The average Bonchev–Trinajstić information content (AvgIpc) is 1.88. The molecule has 0 aromatic carbocycles. The first-order valence-corrected chi connectivity index (χ1v) is 3.60. The Labute approximate surface area is 61.3 Å². The van der Waals surface area contributed by atoms with Gasteiger partial charge < -0.3 is 15.3 Å². The summed E-state index contributed by atoms with van der Waals surface area (Å²) in [6.07, 6.45) is 0.634. The highest BCUT2D eigenvalue weighted by Crippen LogP contribution is 2.08. The standard InChI is InChI=1S/C7H16O3/c1-6(2-3-8)4-7(10)5-9/h6-10H,2-5H2,1H3. The largest absolute Gasteiger partial charge is 0.396 e. The summed E-state index contributed by atoms with van der Waals surface area (Å²) in [4.78, 5) is 0. The molecule has 3 nitrogen and oxygen atoms in total. The van der Waals surface area contributed by atoms with Crippen LogP contribution < -0.4 is 0 Å². The maximum atomic E-state index is 8.92. The molecule has 2 atom stereocenters. The maximum Gasteiger partial charge on any atom is 0.0773 e. The fraction of sp³-hybridized carbons (Fsp3) is 1.00. The van der Waals surface area contributed by atoms with E-state index in [2.05, 4.69) is 0 Å². The Morgan fingerprint density at radius 2 is 1.90 bits per heavy atom. The first-order chi connectivity index (χ1) is 4.70. The topological polar surface area (TPSA) is 60.7 Å². The Bertz CT molecular complexity index is 75.3. The van der Waals surface area contributed by atoms with Crippen molar-refractivity contribution in [2.24, 2.45) is 5.92 Å². The minimum atomic E-state index is -0.624. The lowest BCUT2D eigenvalue weighted by atomic mass is 10.0. The fourth-order valence-corrected chi connectivity index (χ4v) is 0.877. The van der Waals surface area contributed by atoms with Crippen molar-refractivity contribution >= 4 is 0 Å². The zero-order valence-electron chi connectivity index (χ0n) is 6.32. The fourth-order valence-electron chi connectivity index (χ4n) is 0.877. The highest BCUT2D eigenvalue weighted by molar-refractivity contribution is 4.59. The van der Waals surface area contributed by atoms with Crippen molar-refractivity contribution in [3.8, 4) is 0 Å². The van der Waals surface area contributed by atoms with Gasteiger partial charge in [0.05, 0.1) is 12.7 Å². The predicted molar refractivity (Wildman–Crippen MR) is 38.6 cm³/mol. The van der Waals surface area contributed by atoms with Crippen molar-refractivity contribution in [3.63, 3.8) is 0 Å². The second-order valence-corrected chi connectivity index (χ2v) is 2.69. The van der Waals surface area contributed by atoms with Crippen molar-refractivity contribution in [2.45, 2.75) is 25.9 Å². The third kappa shape index (κ3) is 4.73. The smallest absolute Gasteiger partial charge is 0.0773 e. The van der Waals surface area contributed by atoms with Gasteiger partial charge in [0.25, 0.3) is 0 Å². The Morgan fingerprint density at radius 1 is 1.30 bits per heavy atom. The van der Waals surface area contributed by atoms with E-state index in [9.17, 15) is 0 Å². The van der Waals surface area contributed by atoms with E-state index < -0.39 is 6.10 Å². The summed E-state index contributed by atoms with van der Waals surface area (Å²) in [5.74, 6) is 0.284. The molecule has 0 bridgehead atoms. The minimum absolute atomic E-state index is 0.152. The van der Waals surface area contributed by atoms with E-state index in [-0.39, 0.29) is 19.1 Å². The molecule has 3 N–H and O–H groups in total. The van der Waals surface area contributed by atoms with Crippen LogP contribution in [0.1, 0.15) is 19.8 Å². The van der Waals surface area contributed by atoms with Gasteiger partial charge in [0.15, 0.2) is 0 Å². The van der Waals surface area contributed by atoms with E-state index in [4.69, 9.17) is 15.3 Å². The van der Waals surface area contributed by atoms with Crippen LogP contribution in [0.3, 0.4) is 0 Å². The SMILES string of the molecule is CC(CCO)CC(O)CO. The van der Waals surface area contributed by atoms with Gasteiger partial charge in [0, 0.05) is 6.61 Å². The molecule has 0 aromatic rings. The van der Waals surface area contributed by atoms with E-state index >= 15 is 0 Å². The molecule has 10 heavy (non-hydrogen) atoms. The number of aliphatic hydroxyl groups excluding tert-OH is 3. The van der Waals surface area contributed by atoms with Crippen LogP contribution in [0.4, 0.5) is 0 Å². The molecule has 0 saturated carbocycles. The average molecular weight is 148 g/mol. The summed E-state index contributed by atoms with van der Waals surface area (Å²) < 4.78 is 0. The van der Waals surface area contributed by atoms with Gasteiger partial charge >= 0.3 is 0 Å². The summed E-state index contributed by atoms with van der Waals surface area (Å²) in [5.41, 5.74) is 0. The first-order valence-electron chi connectivity index (χ1n) is 3.60. The van der Waals surface area contributed by atoms with Crippen molar-refractivity contribution in [2.75, 3.05) is 13.2 Å². The summed E-state index contributed by atoms with van der Waals surface area (Å²) in [5, 5.41) is 25.8. The minimum Gasteiger partial charge on any atom is -0.396 e. The van der Waals surface area contributed by atoms with Crippen LogP contribution in [0, 0.1) is 5.92 Å². The van der Waals surface area contributed by atoms with Crippen LogP contribution >= 0.6 is 0 Å². The molecule has 62 valence electrons. The Kier molecular flexibility index (Phi) is 5.58. The Morgan fingerprint density at radius 3 is 2.30 bits per heavy atom. The van der Waals surface area contributed by atoms with Gasteiger partial charge in [-0.15, -0.1) is 0 Å². The number of rotatable bonds is 5. The molecule has 0 aliphatic carbocycles. The molecule has 0 amide bonds. The van der Waals surface area contributed by atoms with Crippen LogP contribution in [-0.4, -0.2) is 34.6 Å². The van der Waals surface area contributed by atoms with Crippen molar-refractivity contribution in [1.29, 1.82) is 0 Å². The van der Waals surface area contributed by atoms with Gasteiger partial charge in [-0.2, -0.15) is 0 Å². The molecule has 0 fully saturated rings. The van der Waals surface area contributed by atoms with E-state index in [0.29, 0.717) is 12.8 Å². The lowest BCUT2D eigenvalue weighted by molar-refractivity contribution is 0.0724. The van der Waals surface area contributed by atoms with Gasteiger partial charge in [-0.3, -0.25) is 0 Å². The molecule has 0 spiro atoms. The maximum absolute atomic E-state index is 8.92. The zero-order chi connectivity index (χ0) is 7.98. The van der Waals surface area contributed by atoms with Crippen molar-refractivity contribution < 1.29 is 15.3 Å². The van der Waals surface area contributed by atoms with Gasteiger partial charge in [0.2, 0.25) is 0 Å². The van der Waals surface area contributed by atoms with Crippen LogP contribution in [-0.2, 0) is 0 Å². The lowest BCUT2D eigenvalue weighted by Gasteiger charge is -2.12. The van der Waals surface area contributed by atoms with E-state index in [1.54, 1.807) is 0 Å². The third-order valence-corrected chi connectivity index (χ3v) is 1.51. The van der Waals surface area contributed by atoms with E-state index in [1.807, 2.05) is 6.92 Å². The molecule has 0 rings (SSSR count). The van der Waals surface area contributed by atoms with Crippen LogP contribution in [0.2, 0.25) is 0 Å². The highest BCUT2D eigenvalue weighted by atomic mass is 16.3. The molecule has 0 saturated heterocycles. The zero-order valence-corrected chi connectivity index (χ0v) is 6.32. The monoisotopic (exact) mass is 148 g/mol. The quantitative estimate of drug-likeness (QED) is 0.504. The number of aliphatic hydroxyl groups is 3. The molecular weight excluding hydrogens is 132 g/mol. The molecule has 2 unspecified atom stereocenters. The third-order valence-electron chi connectivity index (χ3n) is 1.51. The Hall–Kier alpha value is -0.120. The summed E-state index contributed by atoms with van der Waals surface area (Å²) >= 11 is 0. The van der Waals surface area contributed by atoms with Crippen molar-refractivity contribution in [1.82, 2.24) is 0 Å². The predicted octanol–water partition coefficient (Wildman–Crippen LogP) is -0.252. The summed E-state index contributed by atoms with van der Waals surface area (Å²) in [7, 11) is 0. The van der Waals surface area contributed by atoms with Gasteiger partial charge in [0.1, 0.15) is 0 Å². The van der Waals surface area contributed by atoms with Crippen LogP contribution in [0.25, 0.3) is 0 Å². The molecule has 0 heterocycles. The summed E-state index contributed by atoms with van der Waals surface area (Å²) in [6, 6.07) is 0. The van der Waals surface area contributed by atoms with E-state index in [0.717, 1.165) is 0 Å². The van der Waals surface area contributed by atoms with Gasteiger partial charge in [-0.1, -0.05) is 6.92 Å². The second-order valence-electron chi connectivity index (χ2n) is 2.69. The normalized spacial score (nSPS) is 16.8. The molecule has 0 aromatic heterocycles. The molecule has 0 aliphatic rings. The molecule has 0 aliphatic heterocycles. The Balaban J connectivity index is 3.27. The number of hydrogen-bond acceptors (Lipinski definition) is 3. The second kappa shape index (κ2) is 5.65. The highest BCUT2D eigenvalue weighted by Gasteiger charge is 2.07. The summed E-state index contributed by atoms with van der Waals surface area (Å²) in [6.45, 7) is 1.91. The van der Waals surface area contributed by atoms with Crippen LogP contribution in [0.15, 0.2) is 0 Å². The lowest BCUT2D eigenvalue weighted by Crippen LogP contribution is -2.16. The molecule has 3 heteroatoms.